The number of hydrogen-bond donors (Lipinski definition) is 1. The van der Waals surface area contributed by atoms with Gasteiger partial charge in [0, 0.05) is 23.1 Å². The summed E-state index contributed by atoms with van der Waals surface area (Å²) < 4.78 is 19.1. The number of benzene rings is 2. The van der Waals surface area contributed by atoms with Crippen LogP contribution in [0.3, 0.4) is 0 Å². The number of anilines is 1. The molecule has 1 aliphatic rings. The van der Waals surface area contributed by atoms with Crippen LogP contribution in [0.25, 0.3) is 5.76 Å². The first kappa shape index (κ1) is 23.0. The highest BCUT2D eigenvalue weighted by atomic mass is 35.5. The van der Waals surface area contributed by atoms with E-state index in [1.807, 2.05) is 0 Å². The summed E-state index contributed by atoms with van der Waals surface area (Å²) in [6.07, 6.45) is 2.97. The van der Waals surface area contributed by atoms with Gasteiger partial charge in [0.1, 0.15) is 17.3 Å². The van der Waals surface area contributed by atoms with Crippen LogP contribution in [0.4, 0.5) is 10.1 Å². The van der Waals surface area contributed by atoms with Crippen LogP contribution in [0.1, 0.15) is 17.2 Å². The fourth-order valence-electron chi connectivity index (χ4n) is 3.68. The van der Waals surface area contributed by atoms with Gasteiger partial charge in [-0.05, 0) is 42.0 Å². The second-order valence-corrected chi connectivity index (χ2v) is 8.27. The van der Waals surface area contributed by atoms with Crippen LogP contribution >= 0.6 is 34.8 Å². The molecule has 0 bridgehead atoms. The number of aromatic nitrogens is 1. The Morgan fingerprint density at radius 2 is 1.88 bits per heavy atom. The number of ketones is 1. The van der Waals surface area contributed by atoms with Crippen molar-refractivity contribution in [3.63, 3.8) is 0 Å². The van der Waals surface area contributed by atoms with Crippen LogP contribution < -0.4 is 9.64 Å². The number of carbonyl (C=O) groups excluding carboxylic acids is 2. The summed E-state index contributed by atoms with van der Waals surface area (Å²) >= 11 is 18.2. The first-order chi connectivity index (χ1) is 15.7. The van der Waals surface area contributed by atoms with Crippen molar-refractivity contribution < 1.29 is 23.8 Å². The Kier molecular flexibility index (Phi) is 6.30. The number of hydrogen-bond acceptors (Lipinski definition) is 5. The van der Waals surface area contributed by atoms with Gasteiger partial charge in [0.2, 0.25) is 0 Å². The first-order valence-corrected chi connectivity index (χ1v) is 10.6. The van der Waals surface area contributed by atoms with Crippen LogP contribution in [-0.4, -0.2) is 28.9 Å². The maximum Gasteiger partial charge on any atom is 0.300 e. The Morgan fingerprint density at radius 1 is 1.12 bits per heavy atom. The van der Waals surface area contributed by atoms with Crippen LogP contribution in [-0.2, 0) is 9.59 Å². The molecule has 1 fully saturated rings. The van der Waals surface area contributed by atoms with Gasteiger partial charge in [0.05, 0.1) is 34.3 Å². The molecule has 1 aromatic heterocycles. The van der Waals surface area contributed by atoms with Crippen molar-refractivity contribution in [2.45, 2.75) is 6.04 Å². The zero-order valence-electron chi connectivity index (χ0n) is 16.9. The van der Waals surface area contributed by atoms with Crippen molar-refractivity contribution in [1.29, 1.82) is 0 Å². The van der Waals surface area contributed by atoms with E-state index in [4.69, 9.17) is 39.5 Å². The van der Waals surface area contributed by atoms with Crippen molar-refractivity contribution in [2.24, 2.45) is 0 Å². The molecule has 6 nitrogen and oxygen atoms in total. The molecule has 10 heteroatoms. The summed E-state index contributed by atoms with van der Waals surface area (Å²) in [6, 6.07) is 8.55. The third-order valence-electron chi connectivity index (χ3n) is 5.09. The highest BCUT2D eigenvalue weighted by molar-refractivity contribution is 6.52. The minimum absolute atomic E-state index is 0.0269. The highest BCUT2D eigenvalue weighted by Gasteiger charge is 2.47. The summed E-state index contributed by atoms with van der Waals surface area (Å²) in [5.41, 5.74) is 0.363. The topological polar surface area (TPSA) is 79.7 Å². The predicted molar refractivity (Wildman–Crippen MR) is 123 cm³/mol. The van der Waals surface area contributed by atoms with E-state index in [1.54, 1.807) is 12.1 Å². The number of rotatable bonds is 4. The van der Waals surface area contributed by atoms with Crippen LogP contribution in [0.5, 0.6) is 5.75 Å². The average Bonchev–Trinajstić information content (AvgIpc) is 3.06. The standard InChI is InChI=1S/C23H14Cl3FN2O4/c1-33-22-14(7-12(24)8-16(22)26)20(30)18-19(11-3-2-6-28-10-11)29(23(32)21(18)31)13-4-5-17(27)15(25)9-13/h2-10,19,30H,1H3/b20-18+. The van der Waals surface area contributed by atoms with Crippen molar-refractivity contribution in [2.75, 3.05) is 12.0 Å². The second-order valence-electron chi connectivity index (χ2n) is 7.02. The number of carbonyl (C=O) groups is 2. The van der Waals surface area contributed by atoms with E-state index in [9.17, 15) is 19.1 Å². The summed E-state index contributed by atoms with van der Waals surface area (Å²) in [5, 5.41) is 11.3. The number of methoxy groups -OCH3 is 1. The van der Waals surface area contributed by atoms with Crippen LogP contribution in [0.15, 0.2) is 60.4 Å². The van der Waals surface area contributed by atoms with Crippen molar-refractivity contribution >= 4 is 57.9 Å². The lowest BCUT2D eigenvalue weighted by Crippen LogP contribution is -2.29. The molecule has 1 unspecified atom stereocenters. The number of Topliss-reactive ketones (excluding diaryl/α,β-unsaturated/α-hetero) is 1. The minimum atomic E-state index is -1.09. The fraction of sp³-hybridized carbons (Fsp3) is 0.0870. The zero-order chi connectivity index (χ0) is 23.9. The smallest absolute Gasteiger partial charge is 0.300 e. The lowest BCUT2D eigenvalue weighted by molar-refractivity contribution is -0.132. The molecule has 168 valence electrons. The fourth-order valence-corrected chi connectivity index (χ4v) is 4.42. The van der Waals surface area contributed by atoms with Gasteiger partial charge in [-0.3, -0.25) is 19.5 Å². The van der Waals surface area contributed by atoms with Gasteiger partial charge in [0.15, 0.2) is 0 Å². The quantitative estimate of drug-likeness (QED) is 0.274. The first-order valence-electron chi connectivity index (χ1n) is 9.44. The number of aliphatic hydroxyl groups excluding tert-OH is 1. The molecule has 33 heavy (non-hydrogen) atoms. The van der Waals surface area contributed by atoms with E-state index in [-0.39, 0.29) is 37.6 Å². The van der Waals surface area contributed by atoms with E-state index in [1.165, 1.54) is 43.8 Å². The average molecular weight is 508 g/mol. The molecule has 2 aromatic carbocycles. The summed E-state index contributed by atoms with van der Waals surface area (Å²) in [5.74, 6) is -3.08. The van der Waals surface area contributed by atoms with E-state index in [0.717, 1.165) is 11.0 Å². The Labute approximate surface area is 202 Å². The number of aliphatic hydroxyl groups is 1. The van der Waals surface area contributed by atoms with Crippen LogP contribution in [0, 0.1) is 5.82 Å². The highest BCUT2D eigenvalue weighted by Crippen LogP contribution is 2.45. The largest absolute Gasteiger partial charge is 0.507 e. The van der Waals surface area contributed by atoms with Crippen molar-refractivity contribution in [3.05, 3.63) is 92.4 Å². The Hall–Kier alpha value is -3.13. The molecule has 1 amide bonds. The van der Waals surface area contributed by atoms with E-state index < -0.39 is 29.3 Å². The molecule has 1 atom stereocenters. The maximum absolute atomic E-state index is 13.8. The Morgan fingerprint density at radius 3 is 2.52 bits per heavy atom. The minimum Gasteiger partial charge on any atom is -0.507 e. The summed E-state index contributed by atoms with van der Waals surface area (Å²) in [7, 11) is 1.34. The molecule has 1 saturated heterocycles. The number of pyridine rings is 1. The van der Waals surface area contributed by atoms with E-state index in [2.05, 4.69) is 4.98 Å². The number of ether oxygens (including phenoxy) is 1. The molecule has 0 aliphatic carbocycles. The lowest BCUT2D eigenvalue weighted by atomic mass is 9.95. The van der Waals surface area contributed by atoms with E-state index >= 15 is 0 Å². The van der Waals surface area contributed by atoms with Crippen molar-refractivity contribution in [3.8, 4) is 5.75 Å². The number of amides is 1. The molecule has 1 N–H and O–H groups in total. The predicted octanol–water partition coefficient (Wildman–Crippen LogP) is 5.82. The molecule has 1 aliphatic heterocycles. The normalized spacial score (nSPS) is 17.5. The second kappa shape index (κ2) is 9.02. The maximum atomic E-state index is 13.8. The van der Waals surface area contributed by atoms with Gasteiger partial charge in [-0.1, -0.05) is 40.9 Å². The van der Waals surface area contributed by atoms with Gasteiger partial charge in [-0.2, -0.15) is 0 Å². The SMILES string of the molecule is COc1c(Cl)cc(Cl)cc1/C(O)=C1\C(=O)C(=O)N(c2ccc(F)c(Cl)c2)C1c1cccnc1. The lowest BCUT2D eigenvalue weighted by Gasteiger charge is -2.25. The molecular weight excluding hydrogens is 494 g/mol. The molecule has 0 radical (unpaired) electrons. The Balaban J connectivity index is 2.00. The number of halogens is 4. The third-order valence-corrected chi connectivity index (χ3v) is 5.88. The molecular formula is C23H14Cl3FN2O4. The third kappa shape index (κ3) is 4.04. The van der Waals surface area contributed by atoms with Crippen molar-refractivity contribution in [1.82, 2.24) is 4.98 Å². The van der Waals surface area contributed by atoms with Crippen LogP contribution in [0.2, 0.25) is 15.1 Å². The van der Waals surface area contributed by atoms with Gasteiger partial charge < -0.3 is 9.84 Å². The zero-order valence-corrected chi connectivity index (χ0v) is 19.1. The number of nitrogens with zero attached hydrogens (tertiary/aromatic N) is 2. The summed E-state index contributed by atoms with van der Waals surface area (Å²) in [4.78, 5) is 31.5. The summed E-state index contributed by atoms with van der Waals surface area (Å²) in [6.45, 7) is 0. The monoisotopic (exact) mass is 506 g/mol. The Bertz CT molecular complexity index is 1310. The molecule has 4 rings (SSSR count). The van der Waals surface area contributed by atoms with Gasteiger partial charge >= 0.3 is 0 Å². The van der Waals surface area contributed by atoms with E-state index in [0.29, 0.717) is 5.56 Å². The molecule has 3 aromatic rings. The van der Waals surface area contributed by atoms with Gasteiger partial charge in [-0.25, -0.2) is 4.39 Å². The molecule has 0 saturated carbocycles. The molecule has 0 spiro atoms. The molecule has 2 heterocycles. The van der Waals surface area contributed by atoms with Gasteiger partial charge in [0.25, 0.3) is 11.7 Å². The van der Waals surface area contributed by atoms with Gasteiger partial charge in [-0.15, -0.1) is 0 Å².